The third kappa shape index (κ3) is 4.39. The van der Waals surface area contributed by atoms with Gasteiger partial charge in [-0.15, -0.1) is 21.5 Å². The fraction of sp³-hybridized carbons (Fsp3) is 0.278. The number of thioether (sulfide) groups is 1. The number of thiophene rings is 1. The molecule has 1 N–H and O–H groups in total. The predicted octanol–water partition coefficient (Wildman–Crippen LogP) is 3.02. The monoisotopic (exact) mass is 417 g/mol. The van der Waals surface area contributed by atoms with E-state index >= 15 is 0 Å². The summed E-state index contributed by atoms with van der Waals surface area (Å²) >= 11 is 2.63. The molecule has 0 spiro atoms. The van der Waals surface area contributed by atoms with Crippen LogP contribution in [-0.2, 0) is 23.0 Å². The maximum absolute atomic E-state index is 12.4. The zero-order valence-electron chi connectivity index (χ0n) is 15.6. The van der Waals surface area contributed by atoms with Crippen molar-refractivity contribution in [1.82, 2.24) is 19.7 Å². The molecule has 3 rings (SSSR count). The molecule has 0 unspecified atom stereocenters. The van der Waals surface area contributed by atoms with E-state index in [4.69, 9.17) is 4.74 Å². The van der Waals surface area contributed by atoms with Crippen LogP contribution in [0, 0.1) is 0 Å². The number of aryl methyl sites for hydroxylation is 1. The smallest absolute Gasteiger partial charge is 0.340 e. The molecule has 0 fully saturated rings. The molecule has 28 heavy (non-hydrogen) atoms. The lowest BCUT2D eigenvalue weighted by Crippen LogP contribution is -2.16. The molecule has 3 aromatic rings. The molecule has 0 aliphatic carbocycles. The summed E-state index contributed by atoms with van der Waals surface area (Å²) in [5.41, 5.74) is 1.08. The normalized spacial score (nSPS) is 10.7. The van der Waals surface area contributed by atoms with Crippen molar-refractivity contribution in [3.63, 3.8) is 0 Å². The van der Waals surface area contributed by atoms with Crippen molar-refractivity contribution >= 4 is 40.0 Å². The first kappa shape index (κ1) is 20.0. The zero-order valence-corrected chi connectivity index (χ0v) is 17.3. The van der Waals surface area contributed by atoms with E-state index in [0.29, 0.717) is 27.2 Å². The molecule has 10 heteroatoms. The first-order valence-electron chi connectivity index (χ1n) is 8.48. The van der Waals surface area contributed by atoms with E-state index in [1.165, 1.54) is 30.2 Å². The van der Waals surface area contributed by atoms with Gasteiger partial charge in [0.15, 0.2) is 11.0 Å². The fourth-order valence-electron chi connectivity index (χ4n) is 2.42. The quantitative estimate of drug-likeness (QED) is 0.466. The Morgan fingerprint density at radius 2 is 2.14 bits per heavy atom. The average Bonchev–Trinajstić information content (AvgIpc) is 3.29. The molecule has 3 heterocycles. The van der Waals surface area contributed by atoms with E-state index < -0.39 is 5.97 Å². The van der Waals surface area contributed by atoms with Gasteiger partial charge in [-0.3, -0.25) is 9.78 Å². The van der Waals surface area contributed by atoms with Crippen molar-refractivity contribution in [3.05, 3.63) is 40.9 Å². The maximum atomic E-state index is 12.4. The van der Waals surface area contributed by atoms with Gasteiger partial charge >= 0.3 is 5.97 Å². The highest BCUT2D eigenvalue weighted by Gasteiger charge is 2.19. The number of carbonyl (C=O) groups is 2. The maximum Gasteiger partial charge on any atom is 0.340 e. The molecule has 0 bridgehead atoms. The topological polar surface area (TPSA) is 99.0 Å². The summed E-state index contributed by atoms with van der Waals surface area (Å²) in [6.07, 6.45) is 2.46. The molecule has 0 aliphatic rings. The van der Waals surface area contributed by atoms with Crippen LogP contribution in [0.3, 0.4) is 0 Å². The number of hydrogen-bond acceptors (Lipinski definition) is 8. The summed E-state index contributed by atoms with van der Waals surface area (Å²) < 4.78 is 6.58. The van der Waals surface area contributed by atoms with Crippen LogP contribution in [0.15, 0.2) is 35.6 Å². The number of anilines is 1. The van der Waals surface area contributed by atoms with Gasteiger partial charge in [0, 0.05) is 18.1 Å². The van der Waals surface area contributed by atoms with Crippen molar-refractivity contribution in [2.75, 3.05) is 18.2 Å². The number of methoxy groups -OCH3 is 1. The Morgan fingerprint density at radius 3 is 2.82 bits per heavy atom. The standard InChI is InChI=1S/C18H19N5O3S2/c1-4-11-9-12(17(25)26-3)16(28-11)20-14(24)10-27-18-22-21-15(23(18)2)13-7-5-6-8-19-13/h5-9H,4,10H2,1-3H3,(H,20,24). The third-order valence-corrected chi connectivity index (χ3v) is 6.07. The Morgan fingerprint density at radius 1 is 1.32 bits per heavy atom. The molecule has 0 aromatic carbocycles. The molecular formula is C18H19N5O3S2. The van der Waals surface area contributed by atoms with Gasteiger partial charge in [0.25, 0.3) is 0 Å². The summed E-state index contributed by atoms with van der Waals surface area (Å²) in [5.74, 6) is 0.0605. The van der Waals surface area contributed by atoms with E-state index in [9.17, 15) is 9.59 Å². The number of aromatic nitrogens is 4. The Balaban J connectivity index is 1.67. The molecule has 0 saturated heterocycles. The van der Waals surface area contributed by atoms with Crippen LogP contribution < -0.4 is 5.32 Å². The molecule has 0 aliphatic heterocycles. The highest BCUT2D eigenvalue weighted by Crippen LogP contribution is 2.29. The molecule has 1 amide bonds. The summed E-state index contributed by atoms with van der Waals surface area (Å²) in [5, 5.41) is 12.2. The average molecular weight is 418 g/mol. The zero-order chi connectivity index (χ0) is 20.1. The van der Waals surface area contributed by atoms with Gasteiger partial charge in [0.2, 0.25) is 5.91 Å². The summed E-state index contributed by atoms with van der Waals surface area (Å²) in [4.78, 5) is 29.6. The van der Waals surface area contributed by atoms with Crippen LogP contribution in [-0.4, -0.2) is 44.5 Å². The molecule has 0 radical (unpaired) electrons. The third-order valence-electron chi connectivity index (χ3n) is 3.85. The Kier molecular flexibility index (Phi) is 6.42. The van der Waals surface area contributed by atoms with Crippen molar-refractivity contribution in [3.8, 4) is 11.5 Å². The number of nitrogens with one attached hydrogen (secondary N) is 1. The number of hydrogen-bond donors (Lipinski definition) is 1. The molecule has 3 aromatic heterocycles. The van der Waals surface area contributed by atoms with Crippen LogP contribution in [0.25, 0.3) is 11.5 Å². The van der Waals surface area contributed by atoms with Crippen LogP contribution >= 0.6 is 23.1 Å². The van der Waals surface area contributed by atoms with Crippen molar-refractivity contribution < 1.29 is 14.3 Å². The highest BCUT2D eigenvalue weighted by molar-refractivity contribution is 7.99. The number of carbonyl (C=O) groups excluding carboxylic acids is 2. The predicted molar refractivity (Wildman–Crippen MR) is 109 cm³/mol. The van der Waals surface area contributed by atoms with Crippen LogP contribution in [0.5, 0.6) is 0 Å². The van der Waals surface area contributed by atoms with Crippen LogP contribution in [0.1, 0.15) is 22.2 Å². The number of pyridine rings is 1. The van der Waals surface area contributed by atoms with Crippen molar-refractivity contribution in [1.29, 1.82) is 0 Å². The fourth-order valence-corrected chi connectivity index (χ4v) is 4.13. The van der Waals surface area contributed by atoms with Gasteiger partial charge in [0.05, 0.1) is 18.4 Å². The van der Waals surface area contributed by atoms with E-state index in [1.807, 2.05) is 32.2 Å². The van der Waals surface area contributed by atoms with E-state index in [2.05, 4.69) is 20.5 Å². The lowest BCUT2D eigenvalue weighted by Gasteiger charge is -2.05. The molecule has 8 nitrogen and oxygen atoms in total. The Bertz CT molecular complexity index is 985. The molecule has 0 atom stereocenters. The van der Waals surface area contributed by atoms with Crippen molar-refractivity contribution in [2.24, 2.45) is 7.05 Å². The lowest BCUT2D eigenvalue weighted by molar-refractivity contribution is -0.113. The number of ether oxygens (including phenoxy) is 1. The minimum Gasteiger partial charge on any atom is -0.465 e. The van der Waals surface area contributed by atoms with Gasteiger partial charge in [-0.05, 0) is 24.6 Å². The second-order valence-electron chi connectivity index (χ2n) is 5.72. The first-order chi connectivity index (χ1) is 13.5. The SMILES string of the molecule is CCc1cc(C(=O)OC)c(NC(=O)CSc2nnc(-c3ccccn3)n2C)s1. The van der Waals surface area contributed by atoms with E-state index in [-0.39, 0.29) is 11.7 Å². The van der Waals surface area contributed by atoms with Crippen LogP contribution in [0.2, 0.25) is 0 Å². The summed E-state index contributed by atoms with van der Waals surface area (Å²) in [6.45, 7) is 1.99. The van der Waals surface area contributed by atoms with Gasteiger partial charge < -0.3 is 14.6 Å². The minimum absolute atomic E-state index is 0.133. The van der Waals surface area contributed by atoms with Gasteiger partial charge in [-0.25, -0.2) is 4.79 Å². The highest BCUT2D eigenvalue weighted by atomic mass is 32.2. The van der Waals surface area contributed by atoms with E-state index in [1.54, 1.807) is 16.8 Å². The van der Waals surface area contributed by atoms with E-state index in [0.717, 1.165) is 11.3 Å². The Hall–Kier alpha value is -2.72. The van der Waals surface area contributed by atoms with Gasteiger partial charge in [-0.1, -0.05) is 24.8 Å². The molecule has 0 saturated carbocycles. The van der Waals surface area contributed by atoms with Gasteiger partial charge in [0.1, 0.15) is 10.7 Å². The number of nitrogens with zero attached hydrogens (tertiary/aromatic N) is 4. The minimum atomic E-state index is -0.466. The Labute approximate surface area is 170 Å². The van der Waals surface area contributed by atoms with Crippen molar-refractivity contribution in [2.45, 2.75) is 18.5 Å². The summed E-state index contributed by atoms with van der Waals surface area (Å²) in [6, 6.07) is 7.31. The van der Waals surface area contributed by atoms with Gasteiger partial charge in [-0.2, -0.15) is 0 Å². The van der Waals surface area contributed by atoms with Crippen LogP contribution in [0.4, 0.5) is 5.00 Å². The molecule has 146 valence electrons. The lowest BCUT2D eigenvalue weighted by atomic mass is 10.2. The number of amides is 1. The number of esters is 1. The number of rotatable bonds is 7. The second kappa shape index (κ2) is 8.98. The second-order valence-corrected chi connectivity index (χ2v) is 7.80. The first-order valence-corrected chi connectivity index (χ1v) is 10.3. The molecular weight excluding hydrogens is 398 g/mol. The largest absolute Gasteiger partial charge is 0.465 e. The summed E-state index contributed by atoms with van der Waals surface area (Å²) in [7, 11) is 3.15.